The highest BCUT2D eigenvalue weighted by Gasteiger charge is 2.49. The van der Waals surface area contributed by atoms with Crippen molar-refractivity contribution < 1.29 is 18.8 Å². The molecule has 8 nitrogen and oxygen atoms in total. The smallest absolute Gasteiger partial charge is 0.218 e. The molecule has 0 radical (unpaired) electrons. The van der Waals surface area contributed by atoms with Crippen LogP contribution in [0.4, 0.5) is 0 Å². The minimum absolute atomic E-state index is 0.0298. The third-order valence-corrected chi connectivity index (χ3v) is 7.11. The first-order valence-corrected chi connectivity index (χ1v) is 11.4. The van der Waals surface area contributed by atoms with E-state index in [-0.39, 0.29) is 17.0 Å². The topological polar surface area (TPSA) is 90.6 Å². The first-order valence-electron chi connectivity index (χ1n) is 11.0. The van der Waals surface area contributed by atoms with Crippen molar-refractivity contribution in [2.24, 2.45) is 0 Å². The molecule has 2 aromatic rings. The van der Waals surface area contributed by atoms with E-state index in [2.05, 4.69) is 34.0 Å². The number of carbonyl (C=O) groups excluding carboxylic acids is 1. The lowest BCUT2D eigenvalue weighted by molar-refractivity contribution is -0.135. The Morgan fingerprint density at radius 2 is 2.19 bits per heavy atom. The number of rotatable bonds is 4. The van der Waals surface area contributed by atoms with E-state index in [1.165, 1.54) is 6.42 Å². The van der Waals surface area contributed by atoms with Crippen LogP contribution in [0.5, 0.6) is 5.88 Å². The third-order valence-electron chi connectivity index (χ3n) is 6.92. The number of hydrogen-bond acceptors (Lipinski definition) is 8. The van der Waals surface area contributed by atoms with Crippen LogP contribution in [0.2, 0.25) is 5.15 Å². The highest BCUT2D eigenvalue weighted by atomic mass is 35.5. The Balaban J connectivity index is 1.46. The van der Waals surface area contributed by atoms with Crippen molar-refractivity contribution in [1.82, 2.24) is 20.0 Å². The number of ketones is 1. The minimum Gasteiger partial charge on any atom is -0.473 e. The van der Waals surface area contributed by atoms with Gasteiger partial charge in [0.1, 0.15) is 16.7 Å². The molecule has 0 aromatic carbocycles. The Hall–Kier alpha value is -2.03. The Morgan fingerprint density at radius 3 is 2.97 bits per heavy atom. The zero-order valence-electron chi connectivity index (χ0n) is 17.9. The van der Waals surface area contributed by atoms with Gasteiger partial charge in [0.2, 0.25) is 5.88 Å². The second-order valence-electron chi connectivity index (χ2n) is 8.87. The molecule has 5 rings (SSSR count). The van der Waals surface area contributed by atoms with Gasteiger partial charge in [-0.05, 0) is 52.6 Å². The van der Waals surface area contributed by atoms with E-state index in [1.54, 1.807) is 6.07 Å². The van der Waals surface area contributed by atoms with Crippen LogP contribution in [0.15, 0.2) is 10.6 Å². The lowest BCUT2D eigenvalue weighted by Gasteiger charge is -2.36. The molecule has 0 bridgehead atoms. The van der Waals surface area contributed by atoms with Gasteiger partial charge in [0.15, 0.2) is 23.1 Å². The molecular formula is C22H27ClN4O4. The van der Waals surface area contributed by atoms with Gasteiger partial charge in [-0.3, -0.25) is 9.69 Å². The summed E-state index contributed by atoms with van der Waals surface area (Å²) in [6.07, 6.45) is 4.94. The number of fused-ring (bicyclic) bond motifs is 2. The molecule has 0 saturated carbocycles. The fraction of sp³-hybridized carbons (Fsp3) is 0.636. The highest BCUT2D eigenvalue weighted by molar-refractivity contribution is 6.29. The lowest BCUT2D eigenvalue weighted by Crippen LogP contribution is -2.46. The first-order chi connectivity index (χ1) is 15.0. The molecule has 0 amide bonds. The van der Waals surface area contributed by atoms with Crippen molar-refractivity contribution in [2.45, 2.75) is 63.0 Å². The maximum Gasteiger partial charge on any atom is 0.218 e. The van der Waals surface area contributed by atoms with E-state index in [0.717, 1.165) is 31.4 Å². The van der Waals surface area contributed by atoms with Crippen molar-refractivity contribution in [3.8, 4) is 17.4 Å². The minimum atomic E-state index is -0.740. The molecule has 2 saturated heterocycles. The predicted molar refractivity (Wildman–Crippen MR) is 113 cm³/mol. The molecular weight excluding hydrogens is 420 g/mol. The number of nitrogens with zero attached hydrogens (tertiary/aromatic N) is 4. The second-order valence-corrected chi connectivity index (χ2v) is 9.25. The quantitative estimate of drug-likeness (QED) is 0.661. The van der Waals surface area contributed by atoms with Gasteiger partial charge in [-0.2, -0.15) is 4.98 Å². The van der Waals surface area contributed by atoms with E-state index >= 15 is 0 Å². The van der Waals surface area contributed by atoms with Crippen LogP contribution in [0, 0.1) is 0 Å². The molecule has 1 aliphatic carbocycles. The van der Waals surface area contributed by atoms with E-state index in [9.17, 15) is 4.79 Å². The SMILES string of the molecule is C[C@H](Oc1cc(Cl)nc(-c2noc3c2CCC[C@@]32COCCC2=O)n1)[C@@H]1CCCN1C. The summed E-state index contributed by atoms with van der Waals surface area (Å²) >= 11 is 6.31. The number of likely N-dealkylation sites (tertiary alicyclic amines) is 1. The van der Waals surface area contributed by atoms with Crippen LogP contribution in [-0.4, -0.2) is 64.8 Å². The molecule has 0 N–H and O–H groups in total. The molecule has 31 heavy (non-hydrogen) atoms. The van der Waals surface area contributed by atoms with E-state index in [1.807, 2.05) is 0 Å². The number of likely N-dealkylation sites (N-methyl/N-ethyl adjacent to an activating group) is 1. The maximum absolute atomic E-state index is 12.8. The standard InChI is InChI=1S/C22H27ClN4O4/c1-13(15-6-4-9-27(15)2)30-18-11-17(23)24-21(25-18)19-14-5-3-8-22(20(14)31-26-19)12-29-10-7-16(22)28/h11,13,15H,3-10,12H2,1-2H3/t13-,15-,22-/m0/s1. The zero-order chi connectivity index (χ0) is 21.6. The van der Waals surface area contributed by atoms with Crippen molar-refractivity contribution in [3.05, 3.63) is 22.5 Å². The summed E-state index contributed by atoms with van der Waals surface area (Å²) in [6, 6.07) is 1.97. The maximum atomic E-state index is 12.8. The molecule has 2 aliphatic heterocycles. The lowest BCUT2D eigenvalue weighted by atomic mass is 9.69. The van der Waals surface area contributed by atoms with Crippen LogP contribution in [0.25, 0.3) is 11.5 Å². The first kappa shape index (κ1) is 20.8. The van der Waals surface area contributed by atoms with Crippen LogP contribution < -0.4 is 4.74 Å². The van der Waals surface area contributed by atoms with Gasteiger partial charge in [-0.15, -0.1) is 0 Å². The van der Waals surface area contributed by atoms with Gasteiger partial charge in [-0.25, -0.2) is 4.98 Å². The molecule has 2 aromatic heterocycles. The number of carbonyl (C=O) groups is 1. The summed E-state index contributed by atoms with van der Waals surface area (Å²) in [5.41, 5.74) is 0.670. The van der Waals surface area contributed by atoms with Gasteiger partial charge >= 0.3 is 0 Å². The number of ether oxygens (including phenoxy) is 2. The number of hydrogen-bond donors (Lipinski definition) is 0. The molecule has 166 valence electrons. The fourth-order valence-electron chi connectivity index (χ4n) is 5.27. The van der Waals surface area contributed by atoms with Gasteiger partial charge in [0, 0.05) is 24.1 Å². The largest absolute Gasteiger partial charge is 0.473 e. The van der Waals surface area contributed by atoms with Crippen LogP contribution in [0.1, 0.15) is 50.4 Å². The second kappa shape index (κ2) is 8.15. The van der Waals surface area contributed by atoms with E-state index in [0.29, 0.717) is 55.3 Å². The van der Waals surface area contributed by atoms with Gasteiger partial charge in [-0.1, -0.05) is 16.8 Å². The van der Waals surface area contributed by atoms with Crippen molar-refractivity contribution in [2.75, 3.05) is 26.8 Å². The summed E-state index contributed by atoms with van der Waals surface area (Å²) in [5.74, 6) is 1.54. The molecule has 2 fully saturated rings. The average molecular weight is 447 g/mol. The Morgan fingerprint density at radius 1 is 1.32 bits per heavy atom. The van der Waals surface area contributed by atoms with Crippen LogP contribution >= 0.6 is 11.6 Å². The molecule has 0 unspecified atom stereocenters. The highest BCUT2D eigenvalue weighted by Crippen LogP contribution is 2.44. The van der Waals surface area contributed by atoms with Gasteiger partial charge in [0.25, 0.3) is 0 Å². The van der Waals surface area contributed by atoms with E-state index < -0.39 is 5.41 Å². The molecule has 4 heterocycles. The van der Waals surface area contributed by atoms with Gasteiger partial charge in [0.05, 0.1) is 13.2 Å². The Bertz CT molecular complexity index is 996. The normalized spacial score (nSPS) is 27.5. The summed E-state index contributed by atoms with van der Waals surface area (Å²) in [5, 5.41) is 4.56. The fourth-order valence-corrected chi connectivity index (χ4v) is 5.44. The summed E-state index contributed by atoms with van der Waals surface area (Å²) in [7, 11) is 2.11. The molecule has 1 spiro atoms. The predicted octanol–water partition coefficient (Wildman–Crippen LogP) is 3.21. The van der Waals surface area contributed by atoms with E-state index in [4.69, 9.17) is 25.6 Å². The summed E-state index contributed by atoms with van der Waals surface area (Å²) < 4.78 is 17.5. The van der Waals surface area contributed by atoms with Crippen LogP contribution in [-0.2, 0) is 21.4 Å². The van der Waals surface area contributed by atoms with Crippen molar-refractivity contribution in [1.29, 1.82) is 0 Å². The Kier molecular flexibility index (Phi) is 5.48. The summed E-state index contributed by atoms with van der Waals surface area (Å²) in [4.78, 5) is 24.1. The average Bonchev–Trinajstić information content (AvgIpc) is 3.37. The van der Waals surface area contributed by atoms with Crippen molar-refractivity contribution >= 4 is 17.4 Å². The number of aromatic nitrogens is 3. The molecule has 3 atom stereocenters. The molecule has 3 aliphatic rings. The Labute approximate surface area is 186 Å². The molecule has 9 heteroatoms. The summed E-state index contributed by atoms with van der Waals surface area (Å²) in [6.45, 7) is 3.93. The third kappa shape index (κ3) is 3.64. The number of Topliss-reactive ketones (excluding diaryl/α,β-unsaturated/α-hetero) is 1. The van der Waals surface area contributed by atoms with Crippen LogP contribution in [0.3, 0.4) is 0 Å². The van der Waals surface area contributed by atoms with Crippen molar-refractivity contribution in [3.63, 3.8) is 0 Å². The zero-order valence-corrected chi connectivity index (χ0v) is 18.7. The monoisotopic (exact) mass is 446 g/mol. The number of halogens is 1. The van der Waals surface area contributed by atoms with Gasteiger partial charge < -0.3 is 14.0 Å².